The molecule has 0 bridgehead atoms. The van der Waals surface area contributed by atoms with Crippen LogP contribution in [0.2, 0.25) is 0 Å². The van der Waals surface area contributed by atoms with Crippen molar-refractivity contribution in [1.29, 1.82) is 0 Å². The summed E-state index contributed by atoms with van der Waals surface area (Å²) < 4.78 is 10.8. The molecule has 1 heterocycles. The molecule has 1 fully saturated rings. The maximum absolute atomic E-state index is 12.1. The molecule has 152 valence electrons. The lowest BCUT2D eigenvalue weighted by Crippen LogP contribution is -2.45. The molecule has 0 radical (unpaired) electrons. The average Bonchev–Trinajstić information content (AvgIpc) is 3.00. The molecular weight excluding hydrogens is 332 g/mol. The molecular formula is C19H38N4O3. The minimum atomic E-state index is -0.507. The molecule has 2 unspecified atom stereocenters. The van der Waals surface area contributed by atoms with Crippen LogP contribution in [0.25, 0.3) is 0 Å². The highest BCUT2D eigenvalue weighted by Gasteiger charge is 2.22. The first-order valence-electron chi connectivity index (χ1n) is 9.69. The molecule has 0 aromatic heterocycles. The van der Waals surface area contributed by atoms with Gasteiger partial charge in [0.05, 0.1) is 19.2 Å². The Hall–Kier alpha value is -1.50. The van der Waals surface area contributed by atoms with Gasteiger partial charge in [0.2, 0.25) is 0 Å². The fourth-order valence-electron chi connectivity index (χ4n) is 2.74. The lowest BCUT2D eigenvalue weighted by atomic mass is 10.1. The highest BCUT2D eigenvalue weighted by Crippen LogP contribution is 2.13. The molecule has 1 aliphatic rings. The van der Waals surface area contributed by atoms with Crippen LogP contribution in [-0.2, 0) is 9.47 Å². The van der Waals surface area contributed by atoms with E-state index in [1.165, 1.54) is 0 Å². The van der Waals surface area contributed by atoms with E-state index >= 15 is 0 Å². The SMILES string of the molecule is CCNC(=NCC(NC(=O)OC(C)(C)C)C(C)C)N(C)CC1CCOC1. The number of carbonyl (C=O) groups excluding carboxylic acids is 1. The summed E-state index contributed by atoms with van der Waals surface area (Å²) in [5.74, 6) is 1.66. The van der Waals surface area contributed by atoms with Crippen LogP contribution < -0.4 is 10.6 Å². The van der Waals surface area contributed by atoms with Gasteiger partial charge >= 0.3 is 6.09 Å². The molecule has 1 aliphatic heterocycles. The lowest BCUT2D eigenvalue weighted by Gasteiger charge is -2.27. The molecule has 7 nitrogen and oxygen atoms in total. The molecule has 26 heavy (non-hydrogen) atoms. The lowest BCUT2D eigenvalue weighted by molar-refractivity contribution is 0.0493. The van der Waals surface area contributed by atoms with Gasteiger partial charge in [0.15, 0.2) is 5.96 Å². The fraction of sp³-hybridized carbons (Fsp3) is 0.895. The summed E-state index contributed by atoms with van der Waals surface area (Å²) in [5, 5.41) is 6.28. The third-order valence-electron chi connectivity index (χ3n) is 4.20. The number of nitrogens with zero attached hydrogens (tertiary/aromatic N) is 2. The normalized spacial score (nSPS) is 19.4. The number of hydrogen-bond acceptors (Lipinski definition) is 4. The molecule has 7 heteroatoms. The van der Waals surface area contributed by atoms with Gasteiger partial charge in [-0.3, -0.25) is 4.99 Å². The fourth-order valence-corrected chi connectivity index (χ4v) is 2.74. The maximum atomic E-state index is 12.1. The molecule has 1 rings (SSSR count). The van der Waals surface area contributed by atoms with E-state index in [0.717, 1.165) is 38.7 Å². The summed E-state index contributed by atoms with van der Waals surface area (Å²) >= 11 is 0. The summed E-state index contributed by atoms with van der Waals surface area (Å²) in [6.07, 6.45) is 0.700. The van der Waals surface area contributed by atoms with Gasteiger partial charge in [0.1, 0.15) is 5.60 Å². The minimum Gasteiger partial charge on any atom is -0.444 e. The molecule has 0 saturated carbocycles. The van der Waals surface area contributed by atoms with Crippen LogP contribution in [0, 0.1) is 11.8 Å². The summed E-state index contributed by atoms with van der Waals surface area (Å²) in [5.41, 5.74) is -0.507. The van der Waals surface area contributed by atoms with Crippen molar-refractivity contribution in [2.75, 3.05) is 39.9 Å². The van der Waals surface area contributed by atoms with Crippen LogP contribution in [0.5, 0.6) is 0 Å². The number of hydrogen-bond donors (Lipinski definition) is 2. The third-order valence-corrected chi connectivity index (χ3v) is 4.20. The summed E-state index contributed by atoms with van der Waals surface area (Å²) in [7, 11) is 2.05. The second-order valence-corrected chi connectivity index (χ2v) is 8.30. The predicted octanol–water partition coefficient (Wildman–Crippen LogP) is 2.47. The molecule has 2 atom stereocenters. The van der Waals surface area contributed by atoms with Crippen LogP contribution >= 0.6 is 0 Å². The number of guanidine groups is 1. The summed E-state index contributed by atoms with van der Waals surface area (Å²) in [4.78, 5) is 19.0. The van der Waals surface area contributed by atoms with Crippen molar-refractivity contribution in [3.05, 3.63) is 0 Å². The van der Waals surface area contributed by atoms with Gasteiger partial charge in [0, 0.05) is 32.7 Å². The Morgan fingerprint density at radius 3 is 2.58 bits per heavy atom. The van der Waals surface area contributed by atoms with Gasteiger partial charge in [-0.15, -0.1) is 0 Å². The first-order chi connectivity index (χ1) is 12.1. The van der Waals surface area contributed by atoms with Gasteiger partial charge in [-0.05, 0) is 40.0 Å². The van der Waals surface area contributed by atoms with Crippen molar-refractivity contribution in [2.45, 2.75) is 59.6 Å². The van der Waals surface area contributed by atoms with Crippen LogP contribution in [0.1, 0.15) is 48.0 Å². The number of nitrogens with one attached hydrogen (secondary N) is 2. The zero-order valence-corrected chi connectivity index (χ0v) is 17.6. The Balaban J connectivity index is 2.67. The number of carbonyl (C=O) groups is 1. The van der Waals surface area contributed by atoms with E-state index in [0.29, 0.717) is 12.5 Å². The zero-order chi connectivity index (χ0) is 19.7. The Kier molecular flexibility index (Phi) is 9.19. The average molecular weight is 371 g/mol. The van der Waals surface area contributed by atoms with Crippen molar-refractivity contribution in [3.8, 4) is 0 Å². The smallest absolute Gasteiger partial charge is 0.407 e. The van der Waals surface area contributed by atoms with Gasteiger partial charge < -0.3 is 25.0 Å². The number of amides is 1. The molecule has 1 saturated heterocycles. The largest absolute Gasteiger partial charge is 0.444 e. The Morgan fingerprint density at radius 1 is 1.38 bits per heavy atom. The van der Waals surface area contributed by atoms with E-state index in [2.05, 4.69) is 36.3 Å². The first kappa shape index (κ1) is 22.5. The molecule has 0 aromatic carbocycles. The highest BCUT2D eigenvalue weighted by atomic mass is 16.6. The van der Waals surface area contributed by atoms with Gasteiger partial charge in [-0.2, -0.15) is 0 Å². The second-order valence-electron chi connectivity index (χ2n) is 8.30. The summed E-state index contributed by atoms with van der Waals surface area (Å²) in [6, 6.07) is -0.0817. The minimum absolute atomic E-state index is 0.0817. The van der Waals surface area contributed by atoms with Gasteiger partial charge in [-0.1, -0.05) is 13.8 Å². The number of rotatable bonds is 7. The van der Waals surface area contributed by atoms with E-state index in [-0.39, 0.29) is 12.0 Å². The predicted molar refractivity (Wildman–Crippen MR) is 106 cm³/mol. The Bertz CT molecular complexity index is 454. The monoisotopic (exact) mass is 370 g/mol. The van der Waals surface area contributed by atoms with E-state index in [1.54, 1.807) is 0 Å². The molecule has 2 N–H and O–H groups in total. The van der Waals surface area contributed by atoms with Crippen molar-refractivity contribution < 1.29 is 14.3 Å². The van der Waals surface area contributed by atoms with Gasteiger partial charge in [-0.25, -0.2) is 4.79 Å². The van der Waals surface area contributed by atoms with Crippen molar-refractivity contribution in [2.24, 2.45) is 16.8 Å². The summed E-state index contributed by atoms with van der Waals surface area (Å²) in [6.45, 7) is 15.7. The molecule has 0 spiro atoms. The Morgan fingerprint density at radius 2 is 2.08 bits per heavy atom. The van der Waals surface area contributed by atoms with E-state index in [9.17, 15) is 4.79 Å². The number of aliphatic imine (C=N–C) groups is 1. The number of alkyl carbamates (subject to hydrolysis) is 1. The molecule has 1 amide bonds. The number of ether oxygens (including phenoxy) is 2. The maximum Gasteiger partial charge on any atom is 0.407 e. The van der Waals surface area contributed by atoms with Crippen molar-refractivity contribution in [3.63, 3.8) is 0 Å². The van der Waals surface area contributed by atoms with Crippen LogP contribution in [-0.4, -0.2) is 68.5 Å². The van der Waals surface area contributed by atoms with Crippen molar-refractivity contribution in [1.82, 2.24) is 15.5 Å². The van der Waals surface area contributed by atoms with Crippen LogP contribution in [0.15, 0.2) is 4.99 Å². The van der Waals surface area contributed by atoms with Gasteiger partial charge in [0.25, 0.3) is 0 Å². The quantitative estimate of drug-likeness (QED) is 0.532. The zero-order valence-electron chi connectivity index (χ0n) is 17.6. The second kappa shape index (κ2) is 10.6. The van der Waals surface area contributed by atoms with E-state index in [4.69, 9.17) is 14.5 Å². The van der Waals surface area contributed by atoms with Crippen LogP contribution in [0.4, 0.5) is 4.79 Å². The topological polar surface area (TPSA) is 75.2 Å². The standard InChI is InChI=1S/C19H38N4O3/c1-8-20-17(23(7)12-15-9-10-25-13-15)21-11-16(14(2)3)22-18(24)26-19(4,5)6/h14-16H,8-13H2,1-7H3,(H,20,21)(H,22,24). The molecule has 0 aliphatic carbocycles. The van der Waals surface area contributed by atoms with Crippen molar-refractivity contribution >= 4 is 12.1 Å². The van der Waals surface area contributed by atoms with E-state index < -0.39 is 11.7 Å². The van der Waals surface area contributed by atoms with E-state index in [1.807, 2.05) is 27.8 Å². The van der Waals surface area contributed by atoms with Crippen LogP contribution in [0.3, 0.4) is 0 Å². The Labute approximate surface area is 158 Å². The molecule has 0 aromatic rings. The third kappa shape index (κ3) is 8.74. The highest BCUT2D eigenvalue weighted by molar-refractivity contribution is 5.79. The first-order valence-corrected chi connectivity index (χ1v) is 9.69.